The number of alkyl carbamates (subject to hydrolysis) is 1. The van der Waals surface area contributed by atoms with Crippen LogP contribution in [0.4, 0.5) is 4.79 Å². The normalized spacial score (nSPS) is 19.9. The molecule has 9 atom stereocenters. The van der Waals surface area contributed by atoms with Crippen LogP contribution in [0.3, 0.4) is 0 Å². The Hall–Kier alpha value is -8.09. The van der Waals surface area contributed by atoms with Crippen molar-refractivity contribution in [3.8, 4) is 11.1 Å². The van der Waals surface area contributed by atoms with Crippen molar-refractivity contribution in [2.75, 3.05) is 19.8 Å². The van der Waals surface area contributed by atoms with Gasteiger partial charge in [0.2, 0.25) is 35.4 Å². The van der Waals surface area contributed by atoms with Crippen molar-refractivity contribution in [3.05, 3.63) is 131 Å². The lowest BCUT2D eigenvalue weighted by Crippen LogP contribution is -2.59. The van der Waals surface area contributed by atoms with E-state index in [1.807, 2.05) is 109 Å². The quantitative estimate of drug-likeness (QED) is 0.0810. The fourth-order valence-corrected chi connectivity index (χ4v) is 9.02. The summed E-state index contributed by atoms with van der Waals surface area (Å²) in [4.78, 5) is 117. The molecule has 0 unspecified atom stereocenters. The van der Waals surface area contributed by atoms with Gasteiger partial charge in [0.1, 0.15) is 62.1 Å². The molecular weight excluding hydrogens is 963 g/mol. The van der Waals surface area contributed by atoms with E-state index in [9.17, 15) is 43.2 Å². The standard InChI is InChI=1S/C35H38N4O7.C21H29N3O5/c1-20(31(40)37-22(3)33(42)39-23(4)34(43)45-19-30(39)24-12-6-5-7-13-24)36-32(41)21(2)38-35(44)46-18-29-27-16-10-8-14-25(27)26-15-9-11-17-28(26)29;1-12(2)18(25)22-13(3)19(26)23-14(4)20(27)24-15(5)21(28)29-11-17(24)16-9-7-6-8-10-16/h5-17,20-23,29-30H,18-19H2,1-4H3,(H,36,41)(H,37,40)(H,38,44);6-10,12-15,17H,11H2,1-5H3,(H,22,25)(H,23,26)/t20-,21-,22-,23-,30-;13-,14-,15-,17-/m00/s1. The molecule has 2 fully saturated rings. The molecule has 0 saturated carbocycles. The number of morpholine rings is 2. The molecule has 19 nitrogen and oxygen atoms in total. The van der Waals surface area contributed by atoms with Crippen LogP contribution in [0.1, 0.15) is 103 Å². The molecule has 0 spiro atoms. The van der Waals surface area contributed by atoms with Crippen molar-refractivity contribution in [1.29, 1.82) is 0 Å². The smallest absolute Gasteiger partial charge is 0.407 e. The van der Waals surface area contributed by atoms with Gasteiger partial charge in [-0.15, -0.1) is 0 Å². The van der Waals surface area contributed by atoms with Crippen molar-refractivity contribution in [3.63, 3.8) is 0 Å². The van der Waals surface area contributed by atoms with Crippen LogP contribution in [-0.4, -0.2) is 125 Å². The van der Waals surface area contributed by atoms with E-state index < -0.39 is 102 Å². The van der Waals surface area contributed by atoms with Crippen LogP contribution >= 0.6 is 0 Å². The first-order valence-electron chi connectivity index (χ1n) is 25.1. The molecule has 2 heterocycles. The number of nitrogens with one attached hydrogen (secondary N) is 5. The van der Waals surface area contributed by atoms with Gasteiger partial charge in [-0.05, 0) is 81.8 Å². The molecule has 7 rings (SSSR count). The van der Waals surface area contributed by atoms with Gasteiger partial charge < -0.3 is 50.6 Å². The molecule has 2 aliphatic heterocycles. The highest BCUT2D eigenvalue weighted by Crippen LogP contribution is 2.44. The number of carbonyl (C=O) groups excluding carboxylic acids is 9. The second-order valence-corrected chi connectivity index (χ2v) is 19.2. The first kappa shape index (κ1) is 56.2. The van der Waals surface area contributed by atoms with Gasteiger partial charge in [-0.1, -0.05) is 123 Å². The number of nitrogens with zero attached hydrogens (tertiary/aromatic N) is 2. The molecule has 3 aliphatic rings. The van der Waals surface area contributed by atoms with Gasteiger partial charge in [0.05, 0.1) is 12.1 Å². The van der Waals surface area contributed by atoms with Gasteiger partial charge in [-0.3, -0.25) is 28.8 Å². The maximum Gasteiger partial charge on any atom is 0.407 e. The number of fused-ring (bicyclic) bond motifs is 3. The largest absolute Gasteiger partial charge is 0.462 e. The van der Waals surface area contributed by atoms with Crippen molar-refractivity contribution in [1.82, 2.24) is 36.4 Å². The highest BCUT2D eigenvalue weighted by Gasteiger charge is 2.43. The maximum absolute atomic E-state index is 13.5. The van der Waals surface area contributed by atoms with E-state index >= 15 is 0 Å². The van der Waals surface area contributed by atoms with Crippen molar-refractivity contribution in [2.24, 2.45) is 5.92 Å². The summed E-state index contributed by atoms with van der Waals surface area (Å²) in [5, 5.41) is 12.9. The van der Waals surface area contributed by atoms with Gasteiger partial charge in [-0.2, -0.15) is 0 Å². The summed E-state index contributed by atoms with van der Waals surface area (Å²) in [6.07, 6.45) is -0.761. The lowest BCUT2D eigenvalue weighted by Gasteiger charge is -2.40. The SMILES string of the molecule is CC(C)C(=O)N[C@@H](C)C(=O)N[C@@H](C)C(=O)N1[C@@H](C)C(=O)OC[C@H]1c1ccccc1.C[C@H](NC(=O)OCC1c2ccccc2-c2ccccc21)C(=O)N[C@@H](C)C(=O)N[C@@H](C)C(=O)N1[C@@H](C)C(=O)OC[C@H]1c1ccccc1. The van der Waals surface area contributed by atoms with E-state index in [1.165, 1.54) is 30.6 Å². The lowest BCUT2D eigenvalue weighted by atomic mass is 9.98. The molecule has 7 amide bonds. The first-order valence-corrected chi connectivity index (χ1v) is 25.1. The third kappa shape index (κ3) is 13.6. The summed E-state index contributed by atoms with van der Waals surface area (Å²) in [6.45, 7) is 14.4. The minimum Gasteiger partial charge on any atom is -0.462 e. The molecule has 19 heteroatoms. The van der Waals surface area contributed by atoms with Crippen LogP contribution in [-0.2, 0) is 52.6 Å². The Balaban J connectivity index is 0.000000272. The van der Waals surface area contributed by atoms with Gasteiger partial charge >= 0.3 is 18.0 Å². The molecule has 4 aromatic carbocycles. The van der Waals surface area contributed by atoms with Gasteiger partial charge in [0, 0.05) is 11.8 Å². The van der Waals surface area contributed by atoms with Crippen LogP contribution in [0.15, 0.2) is 109 Å². The third-order valence-electron chi connectivity index (χ3n) is 13.4. The molecule has 5 N–H and O–H groups in total. The molecule has 398 valence electrons. The highest BCUT2D eigenvalue weighted by atomic mass is 16.6. The number of rotatable bonds is 15. The zero-order valence-electron chi connectivity index (χ0n) is 43.7. The van der Waals surface area contributed by atoms with E-state index in [-0.39, 0.29) is 37.6 Å². The van der Waals surface area contributed by atoms with E-state index in [1.54, 1.807) is 41.5 Å². The molecular formula is C56H67N7O12. The Bertz CT molecular complexity index is 2690. The van der Waals surface area contributed by atoms with E-state index in [0.29, 0.717) is 0 Å². The van der Waals surface area contributed by atoms with Crippen molar-refractivity contribution >= 4 is 53.5 Å². The molecule has 2 saturated heterocycles. The summed E-state index contributed by atoms with van der Waals surface area (Å²) in [5.74, 6) is -4.18. The Morgan fingerprint density at radius 2 is 0.840 bits per heavy atom. The number of benzene rings is 4. The average Bonchev–Trinajstić information content (AvgIpc) is 3.72. The van der Waals surface area contributed by atoms with Gasteiger partial charge in [-0.25, -0.2) is 14.4 Å². The van der Waals surface area contributed by atoms with E-state index in [4.69, 9.17) is 14.2 Å². The predicted octanol–water partition coefficient (Wildman–Crippen LogP) is 4.61. The number of esters is 2. The van der Waals surface area contributed by atoms with Gasteiger partial charge in [0.15, 0.2) is 0 Å². The Labute approximate surface area is 436 Å². The zero-order chi connectivity index (χ0) is 54.7. The number of amides is 7. The maximum atomic E-state index is 13.5. The number of ether oxygens (including phenoxy) is 3. The fraction of sp³-hybridized carbons (Fsp3) is 0.411. The summed E-state index contributed by atoms with van der Waals surface area (Å²) in [7, 11) is 0. The zero-order valence-corrected chi connectivity index (χ0v) is 43.7. The number of carbonyl (C=O) groups is 9. The summed E-state index contributed by atoms with van der Waals surface area (Å²) in [6, 6.07) is 27.2. The van der Waals surface area contributed by atoms with Crippen LogP contribution in [0.5, 0.6) is 0 Å². The fourth-order valence-electron chi connectivity index (χ4n) is 9.02. The Morgan fingerprint density at radius 3 is 1.24 bits per heavy atom. The predicted molar refractivity (Wildman–Crippen MR) is 276 cm³/mol. The Kier molecular flexibility index (Phi) is 18.9. The van der Waals surface area contributed by atoms with Crippen molar-refractivity contribution in [2.45, 2.75) is 123 Å². The van der Waals surface area contributed by atoms with Gasteiger partial charge in [0.25, 0.3) is 0 Å². The molecule has 0 bridgehead atoms. The number of hydrogen-bond acceptors (Lipinski definition) is 12. The van der Waals surface area contributed by atoms with Crippen LogP contribution in [0.25, 0.3) is 11.1 Å². The molecule has 75 heavy (non-hydrogen) atoms. The number of hydrogen-bond donors (Lipinski definition) is 5. The first-order chi connectivity index (χ1) is 35.7. The Morgan fingerprint density at radius 1 is 0.493 bits per heavy atom. The average molecular weight is 1030 g/mol. The lowest BCUT2D eigenvalue weighted by molar-refractivity contribution is -0.169. The molecule has 1 aliphatic carbocycles. The minimum absolute atomic E-state index is 0.000612. The van der Waals surface area contributed by atoms with E-state index in [0.717, 1.165) is 33.4 Å². The molecule has 0 aromatic heterocycles. The van der Waals surface area contributed by atoms with Crippen LogP contribution in [0.2, 0.25) is 0 Å². The van der Waals surface area contributed by atoms with Crippen LogP contribution < -0.4 is 26.6 Å². The topological polar surface area (TPSA) is 248 Å². The number of cyclic esters (lactones) is 2. The van der Waals surface area contributed by atoms with Crippen LogP contribution in [0, 0.1) is 5.92 Å². The molecule has 0 radical (unpaired) electrons. The van der Waals surface area contributed by atoms with Crippen molar-refractivity contribution < 1.29 is 57.4 Å². The summed E-state index contributed by atoms with van der Waals surface area (Å²) in [5.41, 5.74) is 5.99. The third-order valence-corrected chi connectivity index (χ3v) is 13.4. The molecule has 4 aromatic rings. The second-order valence-electron chi connectivity index (χ2n) is 19.2. The monoisotopic (exact) mass is 1030 g/mol. The minimum atomic E-state index is -1.02. The highest BCUT2D eigenvalue weighted by molar-refractivity contribution is 5.96. The second kappa shape index (κ2) is 25.2. The summed E-state index contributed by atoms with van der Waals surface area (Å²) < 4.78 is 16.0. The summed E-state index contributed by atoms with van der Waals surface area (Å²) >= 11 is 0. The van der Waals surface area contributed by atoms with E-state index in [2.05, 4.69) is 26.6 Å².